The molecule has 1 aromatic carbocycles. The van der Waals surface area contributed by atoms with Crippen LogP contribution in [0.3, 0.4) is 0 Å². The number of rotatable bonds is 7. The molecular formula is C16H22N2O3. The smallest absolute Gasteiger partial charge is 0.326 e. The van der Waals surface area contributed by atoms with E-state index in [-0.39, 0.29) is 12.5 Å². The van der Waals surface area contributed by atoms with E-state index in [4.69, 9.17) is 5.11 Å². The van der Waals surface area contributed by atoms with Crippen molar-refractivity contribution in [3.63, 3.8) is 0 Å². The summed E-state index contributed by atoms with van der Waals surface area (Å²) in [5.74, 6) is -1.19. The molecule has 0 saturated heterocycles. The normalized spacial score (nSPS) is 14.6. The number of hydrogen-bond donors (Lipinski definition) is 2. The van der Waals surface area contributed by atoms with E-state index in [0.29, 0.717) is 6.42 Å². The fraction of sp³-hybridized carbons (Fsp3) is 0.500. The van der Waals surface area contributed by atoms with Gasteiger partial charge >= 0.3 is 5.97 Å². The van der Waals surface area contributed by atoms with Crippen molar-refractivity contribution in [3.05, 3.63) is 29.8 Å². The second-order valence-electron chi connectivity index (χ2n) is 5.40. The van der Waals surface area contributed by atoms with E-state index in [0.717, 1.165) is 31.5 Å². The summed E-state index contributed by atoms with van der Waals surface area (Å²) >= 11 is 0. The SMILES string of the molecule is CCCCC(NC(=O)CN1CCc2ccccc21)C(=O)O. The van der Waals surface area contributed by atoms with Gasteiger partial charge in [-0.2, -0.15) is 0 Å². The first kappa shape index (κ1) is 15.4. The molecule has 0 spiro atoms. The van der Waals surface area contributed by atoms with E-state index in [2.05, 4.69) is 11.4 Å². The largest absolute Gasteiger partial charge is 0.480 e. The molecule has 1 aliphatic rings. The van der Waals surface area contributed by atoms with Gasteiger partial charge in [0.1, 0.15) is 6.04 Å². The minimum absolute atomic E-state index is 0.215. The summed E-state index contributed by atoms with van der Waals surface area (Å²) in [6.07, 6.45) is 3.12. The molecule has 0 aromatic heterocycles. The molecule has 114 valence electrons. The summed E-state index contributed by atoms with van der Waals surface area (Å²) in [5.41, 5.74) is 2.32. The predicted octanol–water partition coefficient (Wildman–Crippen LogP) is 1.81. The highest BCUT2D eigenvalue weighted by Crippen LogP contribution is 2.26. The molecule has 0 radical (unpaired) electrons. The van der Waals surface area contributed by atoms with E-state index in [9.17, 15) is 9.59 Å². The summed E-state index contributed by atoms with van der Waals surface area (Å²) in [4.78, 5) is 25.2. The van der Waals surface area contributed by atoms with Gasteiger partial charge in [-0.05, 0) is 24.5 Å². The zero-order chi connectivity index (χ0) is 15.2. The quantitative estimate of drug-likeness (QED) is 0.803. The predicted molar refractivity (Wildman–Crippen MR) is 81.5 cm³/mol. The lowest BCUT2D eigenvalue weighted by Gasteiger charge is -2.20. The van der Waals surface area contributed by atoms with Crippen LogP contribution in [-0.2, 0) is 16.0 Å². The highest BCUT2D eigenvalue weighted by atomic mass is 16.4. The Morgan fingerprint density at radius 3 is 2.86 bits per heavy atom. The summed E-state index contributed by atoms with van der Waals surface area (Å²) in [6, 6.07) is 7.23. The van der Waals surface area contributed by atoms with Crippen LogP contribution < -0.4 is 10.2 Å². The van der Waals surface area contributed by atoms with Crippen LogP contribution in [0.4, 0.5) is 5.69 Å². The number of fused-ring (bicyclic) bond motifs is 1. The molecule has 2 rings (SSSR count). The zero-order valence-electron chi connectivity index (χ0n) is 12.3. The molecule has 1 aliphatic heterocycles. The van der Waals surface area contributed by atoms with Gasteiger partial charge in [0.25, 0.3) is 0 Å². The van der Waals surface area contributed by atoms with Gasteiger partial charge in [-0.3, -0.25) is 4.79 Å². The van der Waals surface area contributed by atoms with Crippen molar-refractivity contribution in [2.45, 2.75) is 38.6 Å². The second-order valence-corrected chi connectivity index (χ2v) is 5.40. The Morgan fingerprint density at radius 1 is 1.38 bits per heavy atom. The first-order valence-corrected chi connectivity index (χ1v) is 7.47. The molecule has 1 atom stereocenters. The third kappa shape index (κ3) is 3.97. The van der Waals surface area contributed by atoms with Gasteiger partial charge in [0.15, 0.2) is 0 Å². The number of anilines is 1. The standard InChI is InChI=1S/C16H22N2O3/c1-2-3-7-13(16(20)21)17-15(19)11-18-10-9-12-6-4-5-8-14(12)18/h4-6,8,13H,2-3,7,9-11H2,1H3,(H,17,19)(H,20,21). The van der Waals surface area contributed by atoms with Crippen LogP contribution in [0.15, 0.2) is 24.3 Å². The van der Waals surface area contributed by atoms with Gasteiger partial charge in [0.2, 0.25) is 5.91 Å². The molecule has 21 heavy (non-hydrogen) atoms. The maximum Gasteiger partial charge on any atom is 0.326 e. The van der Waals surface area contributed by atoms with Gasteiger partial charge in [0.05, 0.1) is 6.54 Å². The maximum absolute atomic E-state index is 12.1. The number of unbranched alkanes of at least 4 members (excludes halogenated alkanes) is 1. The number of nitrogens with one attached hydrogen (secondary N) is 1. The number of carboxylic acids is 1. The van der Waals surface area contributed by atoms with Crippen molar-refractivity contribution in [2.75, 3.05) is 18.0 Å². The molecule has 0 fully saturated rings. The number of nitrogens with zero attached hydrogens (tertiary/aromatic N) is 1. The number of carboxylic acid groups (broad SMARTS) is 1. The van der Waals surface area contributed by atoms with Crippen LogP contribution in [0.1, 0.15) is 31.7 Å². The monoisotopic (exact) mass is 290 g/mol. The third-order valence-electron chi connectivity index (χ3n) is 3.80. The molecule has 0 bridgehead atoms. The molecule has 1 heterocycles. The van der Waals surface area contributed by atoms with Crippen molar-refractivity contribution in [3.8, 4) is 0 Å². The Kier molecular flexibility index (Phi) is 5.20. The Hall–Kier alpha value is -2.04. The summed E-state index contributed by atoms with van der Waals surface area (Å²) in [6.45, 7) is 3.02. The van der Waals surface area contributed by atoms with Gasteiger partial charge in [0, 0.05) is 12.2 Å². The minimum atomic E-state index is -0.960. The molecule has 2 N–H and O–H groups in total. The fourth-order valence-electron chi connectivity index (χ4n) is 2.65. The topological polar surface area (TPSA) is 69.6 Å². The highest BCUT2D eigenvalue weighted by molar-refractivity contribution is 5.87. The second kappa shape index (κ2) is 7.11. The van der Waals surface area contributed by atoms with Gasteiger partial charge in [-0.25, -0.2) is 4.79 Å². The lowest BCUT2D eigenvalue weighted by molar-refractivity contribution is -0.141. The van der Waals surface area contributed by atoms with Crippen LogP contribution in [0.25, 0.3) is 0 Å². The molecule has 1 aromatic rings. The maximum atomic E-state index is 12.1. The Labute approximate surface area is 125 Å². The van der Waals surface area contributed by atoms with Crippen LogP contribution in [-0.4, -0.2) is 36.1 Å². The van der Waals surface area contributed by atoms with Crippen LogP contribution in [0.5, 0.6) is 0 Å². The van der Waals surface area contributed by atoms with Crippen molar-refractivity contribution in [1.29, 1.82) is 0 Å². The van der Waals surface area contributed by atoms with Crippen molar-refractivity contribution in [1.82, 2.24) is 5.32 Å². The van der Waals surface area contributed by atoms with Crippen LogP contribution in [0, 0.1) is 0 Å². The molecular weight excluding hydrogens is 268 g/mol. The van der Waals surface area contributed by atoms with E-state index in [1.54, 1.807) is 0 Å². The van der Waals surface area contributed by atoms with Crippen LogP contribution >= 0.6 is 0 Å². The summed E-state index contributed by atoms with van der Waals surface area (Å²) in [7, 11) is 0. The van der Waals surface area contributed by atoms with Crippen molar-refractivity contribution >= 4 is 17.6 Å². The molecule has 5 nitrogen and oxygen atoms in total. The summed E-state index contributed by atoms with van der Waals surface area (Å²) in [5, 5.41) is 11.8. The highest BCUT2D eigenvalue weighted by Gasteiger charge is 2.23. The van der Waals surface area contributed by atoms with Crippen molar-refractivity contribution in [2.24, 2.45) is 0 Å². The number of aliphatic carboxylic acids is 1. The number of carbonyl (C=O) groups is 2. The van der Waals surface area contributed by atoms with Crippen molar-refractivity contribution < 1.29 is 14.7 Å². The number of benzene rings is 1. The van der Waals surface area contributed by atoms with E-state index in [1.807, 2.05) is 30.0 Å². The van der Waals surface area contributed by atoms with E-state index in [1.165, 1.54) is 5.56 Å². The molecule has 1 amide bonds. The first-order valence-electron chi connectivity index (χ1n) is 7.47. The molecule has 5 heteroatoms. The molecule has 0 aliphatic carbocycles. The van der Waals surface area contributed by atoms with Gasteiger partial charge in [-0.1, -0.05) is 38.0 Å². The van der Waals surface area contributed by atoms with Crippen LogP contribution in [0.2, 0.25) is 0 Å². The van der Waals surface area contributed by atoms with E-state index < -0.39 is 12.0 Å². The number of hydrogen-bond acceptors (Lipinski definition) is 3. The van der Waals surface area contributed by atoms with E-state index >= 15 is 0 Å². The Balaban J connectivity index is 1.91. The third-order valence-corrected chi connectivity index (χ3v) is 3.80. The number of para-hydroxylation sites is 1. The average Bonchev–Trinajstić information content (AvgIpc) is 2.86. The lowest BCUT2D eigenvalue weighted by atomic mass is 10.1. The molecule has 0 saturated carbocycles. The van der Waals surface area contributed by atoms with Gasteiger partial charge < -0.3 is 15.3 Å². The number of amides is 1. The lowest BCUT2D eigenvalue weighted by Crippen LogP contribution is -2.45. The molecule has 1 unspecified atom stereocenters. The Bertz CT molecular complexity index is 516. The fourth-order valence-corrected chi connectivity index (χ4v) is 2.65. The number of carbonyl (C=O) groups excluding carboxylic acids is 1. The summed E-state index contributed by atoms with van der Waals surface area (Å²) < 4.78 is 0. The Morgan fingerprint density at radius 2 is 2.14 bits per heavy atom. The van der Waals surface area contributed by atoms with Gasteiger partial charge in [-0.15, -0.1) is 0 Å². The first-order chi connectivity index (χ1) is 10.1. The average molecular weight is 290 g/mol. The zero-order valence-corrected chi connectivity index (χ0v) is 12.3. The minimum Gasteiger partial charge on any atom is -0.480 e.